The van der Waals surface area contributed by atoms with Gasteiger partial charge < -0.3 is 0 Å². The summed E-state index contributed by atoms with van der Waals surface area (Å²) >= 11 is 6.16. The summed E-state index contributed by atoms with van der Waals surface area (Å²) in [6.45, 7) is 1.73. The SMILES string of the molecule is CCCC(=O)NS(=O)(=O)c1ccc(-n2nc(C(F)(F)F)cc2-c2ccccc2Cl)cc1. The Hall–Kier alpha value is -2.85. The lowest BCUT2D eigenvalue weighted by Gasteiger charge is -2.11. The molecule has 6 nitrogen and oxygen atoms in total. The molecule has 3 aromatic rings. The predicted molar refractivity (Wildman–Crippen MR) is 109 cm³/mol. The molecule has 1 aromatic heterocycles. The summed E-state index contributed by atoms with van der Waals surface area (Å²) in [4.78, 5) is 11.4. The van der Waals surface area contributed by atoms with Crippen LogP contribution in [0.2, 0.25) is 5.02 Å². The van der Waals surface area contributed by atoms with Crippen molar-refractivity contribution in [1.82, 2.24) is 14.5 Å². The predicted octanol–water partition coefficient (Wildman–Crippen LogP) is 4.82. The average Bonchev–Trinajstić information content (AvgIpc) is 3.14. The zero-order valence-electron chi connectivity index (χ0n) is 16.1. The molecule has 164 valence electrons. The van der Waals surface area contributed by atoms with Crippen LogP contribution in [0.3, 0.4) is 0 Å². The van der Waals surface area contributed by atoms with Gasteiger partial charge in [-0.15, -0.1) is 0 Å². The summed E-state index contributed by atoms with van der Waals surface area (Å²) in [6.07, 6.45) is -4.16. The van der Waals surface area contributed by atoms with Crippen LogP contribution >= 0.6 is 11.6 Å². The van der Waals surface area contributed by atoms with Crippen LogP contribution in [-0.4, -0.2) is 24.1 Å². The van der Waals surface area contributed by atoms with Crippen molar-refractivity contribution in [3.8, 4) is 16.9 Å². The van der Waals surface area contributed by atoms with E-state index in [0.717, 1.165) is 10.7 Å². The first kappa shape index (κ1) is 22.8. The van der Waals surface area contributed by atoms with E-state index in [1.807, 2.05) is 4.72 Å². The molecule has 0 bridgehead atoms. The van der Waals surface area contributed by atoms with Crippen LogP contribution in [0.25, 0.3) is 16.9 Å². The number of hydrogen-bond acceptors (Lipinski definition) is 4. The third kappa shape index (κ3) is 5.08. The Morgan fingerprint density at radius 1 is 1.13 bits per heavy atom. The van der Waals surface area contributed by atoms with Gasteiger partial charge in [0.25, 0.3) is 10.0 Å². The van der Waals surface area contributed by atoms with Gasteiger partial charge >= 0.3 is 6.18 Å². The van der Waals surface area contributed by atoms with Gasteiger partial charge in [-0.2, -0.15) is 18.3 Å². The Balaban J connectivity index is 2.04. The molecule has 0 unspecified atom stereocenters. The number of carbonyl (C=O) groups is 1. The summed E-state index contributed by atoms with van der Waals surface area (Å²) in [5, 5.41) is 3.88. The maximum Gasteiger partial charge on any atom is 0.435 e. The molecule has 1 amide bonds. The Morgan fingerprint density at radius 3 is 2.35 bits per heavy atom. The molecule has 0 saturated heterocycles. The number of aromatic nitrogens is 2. The van der Waals surface area contributed by atoms with Crippen molar-refractivity contribution in [2.24, 2.45) is 0 Å². The number of halogens is 4. The molecular formula is C20H17ClF3N3O3S. The molecule has 0 aliphatic heterocycles. The van der Waals surface area contributed by atoms with Gasteiger partial charge in [-0.3, -0.25) is 4.79 Å². The Morgan fingerprint density at radius 2 is 1.77 bits per heavy atom. The highest BCUT2D eigenvalue weighted by atomic mass is 35.5. The summed E-state index contributed by atoms with van der Waals surface area (Å²) in [5.74, 6) is -0.644. The third-order valence-electron chi connectivity index (χ3n) is 4.27. The Kier molecular flexibility index (Phi) is 6.42. The van der Waals surface area contributed by atoms with E-state index in [1.165, 1.54) is 30.3 Å². The van der Waals surface area contributed by atoms with Gasteiger partial charge in [0.1, 0.15) is 0 Å². The van der Waals surface area contributed by atoms with Crippen LogP contribution < -0.4 is 4.72 Å². The molecule has 0 saturated carbocycles. The van der Waals surface area contributed by atoms with E-state index in [0.29, 0.717) is 12.0 Å². The molecule has 0 spiro atoms. The molecule has 0 aliphatic rings. The molecule has 1 N–H and O–H groups in total. The monoisotopic (exact) mass is 471 g/mol. The lowest BCUT2D eigenvalue weighted by Crippen LogP contribution is -2.30. The van der Waals surface area contributed by atoms with Gasteiger partial charge in [-0.05, 0) is 42.8 Å². The number of rotatable bonds is 6. The molecule has 0 aliphatic carbocycles. The van der Waals surface area contributed by atoms with Gasteiger partial charge in [-0.25, -0.2) is 17.8 Å². The standard InChI is InChI=1S/C20H17ClF3N3O3S/c1-2-5-19(28)26-31(29,30)14-10-8-13(9-11-14)27-17(12-18(25-27)20(22,23)24)15-6-3-4-7-16(15)21/h3-4,6-12H,2,5H2,1H3,(H,26,28). The lowest BCUT2D eigenvalue weighted by molar-refractivity contribution is -0.141. The highest BCUT2D eigenvalue weighted by Crippen LogP contribution is 2.35. The molecule has 2 aromatic carbocycles. The van der Waals surface area contributed by atoms with Crippen molar-refractivity contribution >= 4 is 27.5 Å². The number of carbonyl (C=O) groups excluding carboxylic acids is 1. The fourth-order valence-corrected chi connectivity index (χ4v) is 4.08. The number of benzene rings is 2. The van der Waals surface area contributed by atoms with E-state index >= 15 is 0 Å². The highest BCUT2D eigenvalue weighted by Gasteiger charge is 2.35. The molecule has 0 atom stereocenters. The van der Waals surface area contributed by atoms with E-state index in [-0.39, 0.29) is 27.7 Å². The van der Waals surface area contributed by atoms with E-state index in [2.05, 4.69) is 5.10 Å². The van der Waals surface area contributed by atoms with Crippen LogP contribution in [0.4, 0.5) is 13.2 Å². The summed E-state index contributed by atoms with van der Waals surface area (Å²) in [6, 6.07) is 12.2. The second-order valence-corrected chi connectivity index (χ2v) is 8.67. The maximum absolute atomic E-state index is 13.3. The fourth-order valence-electron chi connectivity index (χ4n) is 2.83. The molecule has 3 rings (SSSR count). The van der Waals surface area contributed by atoms with Gasteiger partial charge in [0.05, 0.1) is 16.3 Å². The third-order valence-corrected chi connectivity index (χ3v) is 5.99. The minimum atomic E-state index is -4.69. The molecule has 0 radical (unpaired) electrons. The maximum atomic E-state index is 13.3. The number of sulfonamides is 1. The van der Waals surface area contributed by atoms with Gasteiger partial charge in [0.2, 0.25) is 5.91 Å². The number of nitrogens with one attached hydrogen (secondary N) is 1. The smallest absolute Gasteiger partial charge is 0.274 e. The number of alkyl halides is 3. The van der Waals surface area contributed by atoms with Crippen molar-refractivity contribution in [2.75, 3.05) is 0 Å². The van der Waals surface area contributed by atoms with Gasteiger partial charge in [-0.1, -0.05) is 36.7 Å². The first-order chi connectivity index (χ1) is 14.5. The Labute approximate surface area is 181 Å². The van der Waals surface area contributed by atoms with Gasteiger partial charge in [0, 0.05) is 17.0 Å². The fraction of sp³-hybridized carbons (Fsp3) is 0.200. The molecule has 0 fully saturated rings. The van der Waals surface area contributed by atoms with Crippen molar-refractivity contribution < 1.29 is 26.4 Å². The van der Waals surface area contributed by atoms with Crippen molar-refractivity contribution in [3.05, 3.63) is 65.3 Å². The second-order valence-electron chi connectivity index (χ2n) is 6.58. The topological polar surface area (TPSA) is 81.1 Å². The molecular weight excluding hydrogens is 455 g/mol. The van der Waals surface area contributed by atoms with E-state index in [9.17, 15) is 26.4 Å². The minimum absolute atomic E-state index is 0.0476. The van der Waals surface area contributed by atoms with Crippen molar-refractivity contribution in [1.29, 1.82) is 0 Å². The first-order valence-corrected chi connectivity index (χ1v) is 11.0. The van der Waals surface area contributed by atoms with E-state index in [4.69, 9.17) is 11.6 Å². The number of hydrogen-bond donors (Lipinski definition) is 1. The molecule has 31 heavy (non-hydrogen) atoms. The molecule has 1 heterocycles. The van der Waals surface area contributed by atoms with Crippen molar-refractivity contribution in [2.45, 2.75) is 30.8 Å². The first-order valence-electron chi connectivity index (χ1n) is 9.11. The van der Waals surface area contributed by atoms with Gasteiger partial charge in [0.15, 0.2) is 5.69 Å². The van der Waals surface area contributed by atoms with E-state index < -0.39 is 27.8 Å². The van der Waals surface area contributed by atoms with Crippen LogP contribution in [0.5, 0.6) is 0 Å². The van der Waals surface area contributed by atoms with Crippen LogP contribution in [0.15, 0.2) is 59.5 Å². The lowest BCUT2D eigenvalue weighted by atomic mass is 10.1. The summed E-state index contributed by atoms with van der Waals surface area (Å²) in [5.41, 5.74) is -0.518. The van der Waals surface area contributed by atoms with E-state index in [1.54, 1.807) is 25.1 Å². The highest BCUT2D eigenvalue weighted by molar-refractivity contribution is 7.90. The Bertz CT molecular complexity index is 1210. The zero-order chi connectivity index (χ0) is 22.8. The molecule has 11 heteroatoms. The average molecular weight is 472 g/mol. The minimum Gasteiger partial charge on any atom is -0.274 e. The van der Waals surface area contributed by atoms with Crippen molar-refractivity contribution in [3.63, 3.8) is 0 Å². The summed E-state index contributed by atoms with van der Waals surface area (Å²) < 4.78 is 67.5. The quantitative estimate of drug-likeness (QED) is 0.559. The van der Waals surface area contributed by atoms with Crippen LogP contribution in [0.1, 0.15) is 25.5 Å². The normalized spacial score (nSPS) is 12.0. The summed E-state index contributed by atoms with van der Waals surface area (Å²) in [7, 11) is -4.10. The number of nitrogens with zero attached hydrogens (tertiary/aromatic N) is 2. The zero-order valence-corrected chi connectivity index (χ0v) is 17.7. The second kappa shape index (κ2) is 8.72. The van der Waals surface area contributed by atoms with Crippen LogP contribution in [-0.2, 0) is 21.0 Å². The largest absolute Gasteiger partial charge is 0.435 e. The van der Waals surface area contributed by atoms with Crippen LogP contribution in [0, 0.1) is 0 Å². The number of amides is 1.